The van der Waals surface area contributed by atoms with Crippen LogP contribution in [0, 0.1) is 0 Å². The number of hydroxylamine groups is 1. The van der Waals surface area contributed by atoms with Gasteiger partial charge < -0.3 is 9.64 Å². The van der Waals surface area contributed by atoms with E-state index in [2.05, 4.69) is 0 Å². The molecule has 2 rings (SSSR count). The van der Waals surface area contributed by atoms with Crippen LogP contribution in [0.5, 0.6) is 0 Å². The second-order valence-corrected chi connectivity index (χ2v) is 8.16. The molecule has 1 fully saturated rings. The van der Waals surface area contributed by atoms with E-state index in [0.29, 0.717) is 17.6 Å². The number of nitrogens with zero attached hydrogens (tertiary/aromatic N) is 2. The lowest BCUT2D eigenvalue weighted by molar-refractivity contribution is -0.138. The maximum absolute atomic E-state index is 12.4. The first-order chi connectivity index (χ1) is 12.2. The quantitative estimate of drug-likeness (QED) is 0.529. The molecular weight excluding hydrogens is 384 g/mol. The smallest absolute Gasteiger partial charge is 0.340 e. The van der Waals surface area contributed by atoms with Gasteiger partial charge in [-0.05, 0) is 38.0 Å². The van der Waals surface area contributed by atoms with Gasteiger partial charge in [0.15, 0.2) is 6.10 Å². The van der Waals surface area contributed by atoms with Gasteiger partial charge in [-0.15, -0.1) is 0 Å². The number of halogens is 1. The molecule has 10 heteroatoms. The Labute approximate surface area is 157 Å². The molecule has 1 saturated heterocycles. The summed E-state index contributed by atoms with van der Waals surface area (Å²) in [6.07, 6.45) is 0.856. The third kappa shape index (κ3) is 4.35. The zero-order valence-corrected chi connectivity index (χ0v) is 16.3. The Kier molecular flexibility index (Phi) is 6.62. The van der Waals surface area contributed by atoms with Crippen molar-refractivity contribution in [2.24, 2.45) is 0 Å². The van der Waals surface area contributed by atoms with Gasteiger partial charge in [0.2, 0.25) is 0 Å². The van der Waals surface area contributed by atoms with Gasteiger partial charge in [-0.25, -0.2) is 13.2 Å². The number of rotatable bonds is 6. The van der Waals surface area contributed by atoms with Crippen molar-refractivity contribution in [3.05, 3.63) is 28.8 Å². The lowest BCUT2D eigenvalue weighted by Crippen LogP contribution is -2.38. The van der Waals surface area contributed by atoms with Crippen LogP contribution >= 0.6 is 11.6 Å². The average Bonchev–Trinajstić information content (AvgIpc) is 3.14. The van der Waals surface area contributed by atoms with Crippen LogP contribution in [0.15, 0.2) is 23.1 Å². The number of carbonyl (C=O) groups excluding carboxylic acids is 2. The monoisotopic (exact) mass is 404 g/mol. The van der Waals surface area contributed by atoms with Crippen LogP contribution in [0.3, 0.4) is 0 Å². The minimum absolute atomic E-state index is 0.0230. The van der Waals surface area contributed by atoms with E-state index in [9.17, 15) is 18.0 Å². The summed E-state index contributed by atoms with van der Waals surface area (Å²) in [7, 11) is -1.53. The molecule has 0 aliphatic carbocycles. The number of amides is 1. The van der Waals surface area contributed by atoms with E-state index in [1.807, 2.05) is 0 Å². The molecule has 26 heavy (non-hydrogen) atoms. The number of sulfonamides is 1. The van der Waals surface area contributed by atoms with Crippen molar-refractivity contribution in [1.29, 1.82) is 0 Å². The van der Waals surface area contributed by atoms with Gasteiger partial charge in [0.25, 0.3) is 15.9 Å². The fraction of sp³-hybridized carbons (Fsp3) is 0.500. The molecule has 1 aromatic rings. The van der Waals surface area contributed by atoms with Gasteiger partial charge in [0.05, 0.1) is 22.6 Å². The van der Waals surface area contributed by atoms with Crippen molar-refractivity contribution in [2.75, 3.05) is 27.2 Å². The molecule has 1 aliphatic rings. The molecule has 1 heterocycles. The Hall–Kier alpha value is -1.68. The van der Waals surface area contributed by atoms with Gasteiger partial charge >= 0.3 is 5.97 Å². The average molecular weight is 405 g/mol. The number of hydrogen-bond donors (Lipinski definition) is 0. The fourth-order valence-electron chi connectivity index (χ4n) is 2.54. The van der Waals surface area contributed by atoms with E-state index < -0.39 is 22.1 Å². The van der Waals surface area contributed by atoms with Gasteiger partial charge in [0.1, 0.15) is 0 Å². The van der Waals surface area contributed by atoms with E-state index in [0.717, 1.165) is 18.9 Å². The maximum Gasteiger partial charge on any atom is 0.340 e. The predicted molar refractivity (Wildman–Crippen MR) is 94.1 cm³/mol. The first-order valence-electron chi connectivity index (χ1n) is 8.01. The summed E-state index contributed by atoms with van der Waals surface area (Å²) in [6, 6.07) is 3.63. The second kappa shape index (κ2) is 8.34. The van der Waals surface area contributed by atoms with Crippen LogP contribution in [-0.4, -0.2) is 63.0 Å². The van der Waals surface area contributed by atoms with E-state index in [-0.39, 0.29) is 21.4 Å². The molecule has 0 saturated carbocycles. The number of hydrogen-bond acceptors (Lipinski definition) is 6. The van der Waals surface area contributed by atoms with Crippen molar-refractivity contribution in [2.45, 2.75) is 30.8 Å². The molecular formula is C16H21ClN2O6S. The molecule has 0 N–H and O–H groups in total. The van der Waals surface area contributed by atoms with Gasteiger partial charge in [-0.1, -0.05) is 16.1 Å². The SMILES string of the molecule is CON(C)S(=O)(=O)c1ccc(Cl)c(C(=O)O[C@H](C)C(=O)N2CCCC2)c1. The summed E-state index contributed by atoms with van der Waals surface area (Å²) in [4.78, 5) is 30.8. The van der Waals surface area contributed by atoms with Crippen molar-refractivity contribution >= 4 is 33.5 Å². The summed E-state index contributed by atoms with van der Waals surface area (Å²) in [6.45, 7) is 2.75. The minimum Gasteiger partial charge on any atom is -0.449 e. The molecule has 1 aliphatic heterocycles. The zero-order chi connectivity index (χ0) is 19.5. The maximum atomic E-state index is 12.4. The molecule has 0 spiro atoms. The third-order valence-electron chi connectivity index (χ3n) is 4.10. The van der Waals surface area contributed by atoms with Gasteiger partial charge in [-0.2, -0.15) is 0 Å². The first-order valence-corrected chi connectivity index (χ1v) is 9.82. The Balaban J connectivity index is 2.20. The second-order valence-electron chi connectivity index (χ2n) is 5.82. The molecule has 1 amide bonds. The normalized spacial score (nSPS) is 16.0. The number of ether oxygens (including phenoxy) is 1. The molecule has 1 aromatic carbocycles. The van der Waals surface area contributed by atoms with Crippen molar-refractivity contribution in [1.82, 2.24) is 9.37 Å². The highest BCUT2D eigenvalue weighted by molar-refractivity contribution is 7.89. The van der Waals surface area contributed by atoms with E-state index >= 15 is 0 Å². The minimum atomic E-state index is -3.95. The molecule has 1 atom stereocenters. The van der Waals surface area contributed by atoms with Crippen LogP contribution < -0.4 is 0 Å². The number of esters is 1. The number of carbonyl (C=O) groups is 2. The largest absolute Gasteiger partial charge is 0.449 e. The number of benzene rings is 1. The van der Waals surface area contributed by atoms with Gasteiger partial charge in [-0.3, -0.25) is 9.63 Å². The van der Waals surface area contributed by atoms with Crippen LogP contribution in [0.25, 0.3) is 0 Å². The van der Waals surface area contributed by atoms with E-state index in [1.54, 1.807) is 4.90 Å². The highest BCUT2D eigenvalue weighted by atomic mass is 35.5. The van der Waals surface area contributed by atoms with Crippen LogP contribution in [-0.2, 0) is 24.4 Å². The lowest BCUT2D eigenvalue weighted by atomic mass is 10.2. The summed E-state index contributed by atoms with van der Waals surface area (Å²) in [5.74, 6) is -1.15. The molecule has 0 bridgehead atoms. The van der Waals surface area contributed by atoms with Crippen LogP contribution in [0.2, 0.25) is 5.02 Å². The van der Waals surface area contributed by atoms with Gasteiger partial charge in [0, 0.05) is 20.1 Å². The third-order valence-corrected chi connectivity index (χ3v) is 6.11. The summed E-state index contributed by atoms with van der Waals surface area (Å²) < 4.78 is 30.4. The standard InChI is InChI=1S/C16H21ClN2O6S/c1-11(15(20)19-8-4-5-9-19)25-16(21)13-10-12(6-7-14(13)17)26(22,23)18(2)24-3/h6-7,10-11H,4-5,8-9H2,1-3H3/t11-/m1/s1. The van der Waals surface area contributed by atoms with E-state index in [4.69, 9.17) is 21.2 Å². The highest BCUT2D eigenvalue weighted by Gasteiger charge is 2.28. The summed E-state index contributed by atoms with van der Waals surface area (Å²) in [5.41, 5.74) is -0.140. The molecule has 0 aromatic heterocycles. The Morgan fingerprint density at radius 1 is 1.27 bits per heavy atom. The molecule has 8 nitrogen and oxygen atoms in total. The Bertz CT molecular complexity index is 792. The first kappa shape index (κ1) is 20.6. The topological polar surface area (TPSA) is 93.2 Å². The molecule has 144 valence electrons. The molecule has 0 radical (unpaired) electrons. The predicted octanol–water partition coefficient (Wildman–Crippen LogP) is 1.69. The Morgan fingerprint density at radius 3 is 2.46 bits per heavy atom. The summed E-state index contributed by atoms with van der Waals surface area (Å²) in [5, 5.41) is 0.0230. The fourth-order valence-corrected chi connectivity index (χ4v) is 3.73. The van der Waals surface area contributed by atoms with Crippen molar-refractivity contribution < 1.29 is 27.6 Å². The van der Waals surface area contributed by atoms with E-state index in [1.165, 1.54) is 33.2 Å². The highest BCUT2D eigenvalue weighted by Crippen LogP contribution is 2.24. The van der Waals surface area contributed by atoms with Crippen LogP contribution in [0.1, 0.15) is 30.1 Å². The van der Waals surface area contributed by atoms with Crippen LogP contribution in [0.4, 0.5) is 0 Å². The lowest BCUT2D eigenvalue weighted by Gasteiger charge is -2.20. The van der Waals surface area contributed by atoms with Crippen molar-refractivity contribution in [3.63, 3.8) is 0 Å². The summed E-state index contributed by atoms with van der Waals surface area (Å²) >= 11 is 6.01. The molecule has 0 unspecified atom stereocenters. The number of likely N-dealkylation sites (tertiary alicyclic amines) is 1. The van der Waals surface area contributed by atoms with Crippen molar-refractivity contribution in [3.8, 4) is 0 Å². The zero-order valence-electron chi connectivity index (χ0n) is 14.8. The Morgan fingerprint density at radius 2 is 1.88 bits per heavy atom.